The molecule has 2 N–H and O–H groups in total. The number of ketones is 1. The number of quaternary nitrogens is 1. The van der Waals surface area contributed by atoms with E-state index in [1.165, 1.54) is 4.31 Å². The van der Waals surface area contributed by atoms with Crippen LogP contribution >= 0.6 is 11.6 Å². The second kappa shape index (κ2) is 10.5. The van der Waals surface area contributed by atoms with Crippen molar-refractivity contribution in [2.75, 3.05) is 38.0 Å². The predicted molar refractivity (Wildman–Crippen MR) is 131 cm³/mol. The average molecular weight is 499 g/mol. The Morgan fingerprint density at radius 2 is 1.53 bits per heavy atom. The first-order valence-electron chi connectivity index (χ1n) is 10.9. The second-order valence-corrected chi connectivity index (χ2v) is 10.5. The highest BCUT2D eigenvalue weighted by Crippen LogP contribution is 2.23. The molecule has 7 nitrogen and oxygen atoms in total. The summed E-state index contributed by atoms with van der Waals surface area (Å²) in [7, 11) is -3.54. The number of benzene rings is 3. The molecule has 9 heteroatoms. The van der Waals surface area contributed by atoms with E-state index in [1.54, 1.807) is 72.8 Å². The van der Waals surface area contributed by atoms with E-state index in [0.717, 1.165) is 4.90 Å². The van der Waals surface area contributed by atoms with Crippen LogP contribution in [0.2, 0.25) is 5.02 Å². The van der Waals surface area contributed by atoms with E-state index in [9.17, 15) is 18.0 Å². The van der Waals surface area contributed by atoms with Crippen molar-refractivity contribution in [1.29, 1.82) is 0 Å². The molecule has 0 radical (unpaired) electrons. The summed E-state index contributed by atoms with van der Waals surface area (Å²) in [6, 6.07) is 21.9. The molecule has 1 fully saturated rings. The number of rotatable bonds is 7. The minimum atomic E-state index is -3.54. The Morgan fingerprint density at radius 3 is 2.18 bits per heavy atom. The molecule has 0 spiro atoms. The van der Waals surface area contributed by atoms with Gasteiger partial charge >= 0.3 is 0 Å². The van der Waals surface area contributed by atoms with Crippen LogP contribution in [-0.2, 0) is 14.8 Å². The Bertz CT molecular complexity index is 1280. The normalized spacial score (nSPS) is 15.1. The SMILES string of the molecule is O=C(C[NH+]1CCN(S(=O)(=O)c2ccccc2)CC1)Nc1ccc(Cl)cc1C(=O)c1ccccc1. The maximum Gasteiger partial charge on any atom is 0.279 e. The van der Waals surface area contributed by atoms with Crippen LogP contribution in [0, 0.1) is 0 Å². The molecule has 0 bridgehead atoms. The van der Waals surface area contributed by atoms with Gasteiger partial charge in [-0.05, 0) is 30.3 Å². The molecule has 1 saturated heterocycles. The third-order valence-corrected chi connectivity index (χ3v) is 7.91. The molecule has 3 aromatic carbocycles. The monoisotopic (exact) mass is 498 g/mol. The van der Waals surface area contributed by atoms with Crippen molar-refractivity contribution in [2.24, 2.45) is 0 Å². The summed E-state index contributed by atoms with van der Waals surface area (Å²) in [6.07, 6.45) is 0. The zero-order valence-corrected chi connectivity index (χ0v) is 20.0. The first-order chi connectivity index (χ1) is 16.3. The zero-order valence-electron chi connectivity index (χ0n) is 18.4. The summed E-state index contributed by atoms with van der Waals surface area (Å²) in [6.45, 7) is 1.85. The summed E-state index contributed by atoms with van der Waals surface area (Å²) in [5, 5.41) is 3.23. The van der Waals surface area contributed by atoms with Crippen LogP contribution in [0.4, 0.5) is 5.69 Å². The number of hydrogen-bond donors (Lipinski definition) is 2. The lowest BCUT2D eigenvalue weighted by Crippen LogP contribution is -3.15. The number of sulfonamides is 1. The number of anilines is 1. The van der Waals surface area contributed by atoms with Crippen molar-refractivity contribution in [2.45, 2.75) is 4.90 Å². The molecule has 0 unspecified atom stereocenters. The predicted octanol–water partition coefficient (Wildman–Crippen LogP) is 2.10. The van der Waals surface area contributed by atoms with E-state index in [2.05, 4.69) is 5.32 Å². The average Bonchev–Trinajstić information content (AvgIpc) is 2.86. The standard InChI is InChI=1S/C25H24ClN3O4S/c26-20-11-12-23(22(17-20)25(31)19-7-3-1-4-8-19)27-24(30)18-28-13-15-29(16-14-28)34(32,33)21-9-5-2-6-10-21/h1-12,17H,13-16,18H2,(H,27,30)/p+1. The summed E-state index contributed by atoms with van der Waals surface area (Å²) in [5.41, 5.74) is 1.22. The highest BCUT2D eigenvalue weighted by atomic mass is 35.5. The quantitative estimate of drug-likeness (QED) is 0.488. The zero-order chi connectivity index (χ0) is 24.1. The first-order valence-corrected chi connectivity index (χ1v) is 12.7. The highest BCUT2D eigenvalue weighted by Gasteiger charge is 2.31. The van der Waals surface area contributed by atoms with Gasteiger partial charge in [0, 0.05) is 16.1 Å². The van der Waals surface area contributed by atoms with Gasteiger partial charge in [-0.2, -0.15) is 4.31 Å². The van der Waals surface area contributed by atoms with Crippen LogP contribution in [0.25, 0.3) is 0 Å². The minimum Gasteiger partial charge on any atom is -0.325 e. The molecule has 34 heavy (non-hydrogen) atoms. The van der Waals surface area contributed by atoms with Gasteiger partial charge < -0.3 is 10.2 Å². The van der Waals surface area contributed by atoms with E-state index in [-0.39, 0.29) is 23.1 Å². The van der Waals surface area contributed by atoms with Gasteiger partial charge in [-0.1, -0.05) is 60.1 Å². The third-order valence-electron chi connectivity index (χ3n) is 5.76. The second-order valence-electron chi connectivity index (χ2n) is 8.08. The Hall–Kier alpha value is -3.04. The van der Waals surface area contributed by atoms with Crippen LogP contribution < -0.4 is 10.2 Å². The molecule has 176 valence electrons. The van der Waals surface area contributed by atoms with E-state index in [1.807, 2.05) is 6.07 Å². The number of halogens is 1. The molecule has 0 aromatic heterocycles. The molecular formula is C25H25ClN3O4S+. The summed E-state index contributed by atoms with van der Waals surface area (Å²) < 4.78 is 27.1. The van der Waals surface area contributed by atoms with E-state index < -0.39 is 10.0 Å². The molecule has 1 amide bonds. The topological polar surface area (TPSA) is 88.0 Å². The Morgan fingerprint density at radius 1 is 0.912 bits per heavy atom. The number of nitrogens with zero attached hydrogens (tertiary/aromatic N) is 1. The Labute approximate surface area is 204 Å². The number of amides is 1. The van der Waals surface area contributed by atoms with Gasteiger partial charge in [0.1, 0.15) is 0 Å². The van der Waals surface area contributed by atoms with Crippen LogP contribution in [0.5, 0.6) is 0 Å². The van der Waals surface area contributed by atoms with Crippen LogP contribution in [0.3, 0.4) is 0 Å². The lowest BCUT2D eigenvalue weighted by Gasteiger charge is -2.31. The largest absolute Gasteiger partial charge is 0.325 e. The summed E-state index contributed by atoms with van der Waals surface area (Å²) in [5.74, 6) is -0.482. The molecule has 1 aliphatic heterocycles. The summed E-state index contributed by atoms with van der Waals surface area (Å²) >= 11 is 6.11. The fraction of sp³-hybridized carbons (Fsp3) is 0.200. The molecule has 1 heterocycles. The maximum absolute atomic E-state index is 13.0. The van der Waals surface area contributed by atoms with Crippen LogP contribution in [-0.4, -0.2) is 57.1 Å². The highest BCUT2D eigenvalue weighted by molar-refractivity contribution is 7.89. The van der Waals surface area contributed by atoms with E-state index in [0.29, 0.717) is 48.0 Å². The van der Waals surface area contributed by atoms with E-state index >= 15 is 0 Å². The lowest BCUT2D eigenvalue weighted by atomic mass is 10.0. The van der Waals surface area contributed by atoms with Crippen LogP contribution in [0.1, 0.15) is 15.9 Å². The maximum atomic E-state index is 13.0. The number of carbonyl (C=O) groups excluding carboxylic acids is 2. The van der Waals surface area contributed by atoms with Crippen molar-refractivity contribution in [3.8, 4) is 0 Å². The molecule has 0 saturated carbocycles. The Kier molecular flexibility index (Phi) is 7.43. The van der Waals surface area contributed by atoms with Crippen molar-refractivity contribution < 1.29 is 22.9 Å². The van der Waals surface area contributed by atoms with Crippen molar-refractivity contribution in [3.05, 3.63) is 95.0 Å². The number of nitrogens with one attached hydrogen (secondary N) is 2. The van der Waals surface area contributed by atoms with E-state index in [4.69, 9.17) is 11.6 Å². The number of hydrogen-bond acceptors (Lipinski definition) is 4. The molecule has 0 atom stereocenters. The van der Waals surface area contributed by atoms with Gasteiger partial charge in [0.2, 0.25) is 10.0 Å². The molecule has 3 aromatic rings. The first kappa shape index (κ1) is 24.1. The molecule has 0 aliphatic carbocycles. The van der Waals surface area contributed by atoms with Gasteiger partial charge in [-0.15, -0.1) is 0 Å². The van der Waals surface area contributed by atoms with Crippen molar-refractivity contribution in [1.82, 2.24) is 4.31 Å². The third kappa shape index (κ3) is 5.53. The van der Waals surface area contributed by atoms with Gasteiger partial charge in [0.25, 0.3) is 5.91 Å². The fourth-order valence-corrected chi connectivity index (χ4v) is 5.58. The van der Waals surface area contributed by atoms with Gasteiger partial charge in [0.05, 0.1) is 36.8 Å². The number of carbonyl (C=O) groups is 2. The molecule has 4 rings (SSSR count). The molecule has 1 aliphatic rings. The van der Waals surface area contributed by atoms with Gasteiger partial charge in [-0.3, -0.25) is 9.59 Å². The van der Waals surface area contributed by atoms with Crippen LogP contribution in [0.15, 0.2) is 83.8 Å². The molecular weight excluding hydrogens is 474 g/mol. The number of piperazine rings is 1. The van der Waals surface area contributed by atoms with Gasteiger partial charge in [0.15, 0.2) is 12.3 Å². The minimum absolute atomic E-state index is 0.167. The fourth-order valence-electron chi connectivity index (χ4n) is 3.94. The van der Waals surface area contributed by atoms with Crippen molar-refractivity contribution in [3.63, 3.8) is 0 Å². The van der Waals surface area contributed by atoms with Gasteiger partial charge in [-0.25, -0.2) is 8.42 Å². The van der Waals surface area contributed by atoms with Crippen molar-refractivity contribution >= 4 is 39.0 Å². The smallest absolute Gasteiger partial charge is 0.279 e. The Balaban J connectivity index is 1.38. The summed E-state index contributed by atoms with van der Waals surface area (Å²) in [4.78, 5) is 27.0. The lowest BCUT2D eigenvalue weighted by molar-refractivity contribution is -0.895.